The summed E-state index contributed by atoms with van der Waals surface area (Å²) in [4.78, 5) is 13.1. The standard InChI is InChI=1S/C25H31FN4O3/c1-13(2)21-16(25(4,5)32)10-27-19-7-6-15(14(3)22(19)21)23-17(26)11-28-24(30-23)29-18-8-9-33-12-20(18)31/h6-7,10-11,13,18,20,31-32H,8-9,12H2,1-5H3,(H,28,29,30)/t18-,20-/m1/s1. The minimum absolute atomic E-state index is 0.119. The molecule has 1 aliphatic heterocycles. The molecule has 0 amide bonds. The van der Waals surface area contributed by atoms with E-state index in [4.69, 9.17) is 4.74 Å². The first-order valence-electron chi connectivity index (χ1n) is 11.3. The Morgan fingerprint density at radius 2 is 1.97 bits per heavy atom. The molecule has 3 N–H and O–H groups in total. The van der Waals surface area contributed by atoms with E-state index in [1.807, 2.05) is 19.1 Å². The molecule has 33 heavy (non-hydrogen) atoms. The number of fused-ring (bicyclic) bond motifs is 1. The summed E-state index contributed by atoms with van der Waals surface area (Å²) >= 11 is 0. The van der Waals surface area contributed by atoms with Crippen LogP contribution in [0.1, 0.15) is 56.7 Å². The van der Waals surface area contributed by atoms with Crippen LogP contribution in [-0.2, 0) is 10.3 Å². The molecule has 0 unspecified atom stereocenters. The van der Waals surface area contributed by atoms with E-state index in [2.05, 4.69) is 34.1 Å². The second-order valence-electron chi connectivity index (χ2n) is 9.50. The maximum absolute atomic E-state index is 14.9. The third-order valence-electron chi connectivity index (χ3n) is 6.21. The van der Waals surface area contributed by atoms with Gasteiger partial charge in [-0.05, 0) is 50.3 Å². The number of hydrogen-bond donors (Lipinski definition) is 3. The van der Waals surface area contributed by atoms with Gasteiger partial charge in [-0.1, -0.05) is 19.9 Å². The number of halogens is 1. The molecule has 1 saturated heterocycles. The zero-order chi connectivity index (χ0) is 23.9. The van der Waals surface area contributed by atoms with E-state index in [0.717, 1.165) is 33.8 Å². The smallest absolute Gasteiger partial charge is 0.223 e. The predicted molar refractivity (Wildman–Crippen MR) is 126 cm³/mol. The molecule has 2 atom stereocenters. The van der Waals surface area contributed by atoms with Gasteiger partial charge in [0.1, 0.15) is 5.69 Å². The van der Waals surface area contributed by atoms with Crippen molar-refractivity contribution in [1.29, 1.82) is 0 Å². The van der Waals surface area contributed by atoms with Gasteiger partial charge < -0.3 is 20.3 Å². The molecule has 2 aromatic heterocycles. The highest BCUT2D eigenvalue weighted by Crippen LogP contribution is 2.38. The molecule has 0 aliphatic carbocycles. The number of rotatable bonds is 5. The van der Waals surface area contributed by atoms with Crippen LogP contribution in [0.2, 0.25) is 0 Å². The van der Waals surface area contributed by atoms with Gasteiger partial charge in [-0.25, -0.2) is 14.4 Å². The quantitative estimate of drug-likeness (QED) is 0.535. The Morgan fingerprint density at radius 1 is 1.21 bits per heavy atom. The molecule has 4 rings (SSSR count). The first kappa shape index (κ1) is 23.5. The number of pyridine rings is 1. The Morgan fingerprint density at radius 3 is 2.64 bits per heavy atom. The van der Waals surface area contributed by atoms with E-state index in [1.54, 1.807) is 20.0 Å². The Balaban J connectivity index is 1.85. The topological polar surface area (TPSA) is 100 Å². The molecular formula is C25H31FN4O3. The van der Waals surface area contributed by atoms with E-state index in [1.165, 1.54) is 0 Å². The first-order valence-corrected chi connectivity index (χ1v) is 11.3. The average Bonchev–Trinajstić information content (AvgIpc) is 2.75. The Labute approximate surface area is 193 Å². The van der Waals surface area contributed by atoms with Gasteiger partial charge >= 0.3 is 0 Å². The number of aliphatic hydroxyl groups is 2. The molecular weight excluding hydrogens is 423 g/mol. The number of nitrogens with zero attached hydrogens (tertiary/aromatic N) is 3. The van der Waals surface area contributed by atoms with Gasteiger partial charge in [0.05, 0.1) is 36.1 Å². The lowest BCUT2D eigenvalue weighted by Crippen LogP contribution is -2.42. The second-order valence-corrected chi connectivity index (χ2v) is 9.50. The third kappa shape index (κ3) is 4.55. The maximum atomic E-state index is 14.9. The van der Waals surface area contributed by atoms with Crippen LogP contribution in [0.4, 0.5) is 10.3 Å². The van der Waals surface area contributed by atoms with Crippen molar-refractivity contribution >= 4 is 16.9 Å². The van der Waals surface area contributed by atoms with Crippen molar-refractivity contribution in [2.24, 2.45) is 0 Å². The fraction of sp³-hybridized carbons (Fsp3) is 0.480. The monoisotopic (exact) mass is 454 g/mol. The minimum atomic E-state index is -1.06. The van der Waals surface area contributed by atoms with Gasteiger partial charge in [-0.2, -0.15) is 0 Å². The zero-order valence-electron chi connectivity index (χ0n) is 19.7. The van der Waals surface area contributed by atoms with Crippen LogP contribution < -0.4 is 5.32 Å². The van der Waals surface area contributed by atoms with Crippen molar-refractivity contribution in [3.8, 4) is 11.3 Å². The molecule has 3 aromatic rings. The number of anilines is 1. The van der Waals surface area contributed by atoms with Crippen molar-refractivity contribution < 1.29 is 19.3 Å². The van der Waals surface area contributed by atoms with E-state index in [9.17, 15) is 14.6 Å². The maximum Gasteiger partial charge on any atom is 0.223 e. The normalized spacial score (nSPS) is 19.3. The van der Waals surface area contributed by atoms with Crippen molar-refractivity contribution in [3.05, 3.63) is 47.0 Å². The highest BCUT2D eigenvalue weighted by molar-refractivity contribution is 5.92. The van der Waals surface area contributed by atoms with Crippen LogP contribution in [0.25, 0.3) is 22.2 Å². The summed E-state index contributed by atoms with van der Waals surface area (Å²) in [6.07, 6.45) is 2.80. The molecule has 0 radical (unpaired) electrons. The molecule has 176 valence electrons. The van der Waals surface area contributed by atoms with Crippen molar-refractivity contribution in [2.75, 3.05) is 18.5 Å². The molecule has 0 bridgehead atoms. The number of aliphatic hydroxyl groups excluding tert-OH is 1. The molecule has 0 saturated carbocycles. The summed E-state index contributed by atoms with van der Waals surface area (Å²) in [5, 5.41) is 24.9. The van der Waals surface area contributed by atoms with Gasteiger partial charge in [-0.15, -0.1) is 0 Å². The second kappa shape index (κ2) is 8.93. The van der Waals surface area contributed by atoms with Crippen LogP contribution in [0.5, 0.6) is 0 Å². The predicted octanol–water partition coefficient (Wildman–Crippen LogP) is 4.05. The van der Waals surface area contributed by atoms with Crippen molar-refractivity contribution in [2.45, 2.75) is 64.7 Å². The molecule has 1 aliphatic rings. The molecule has 0 spiro atoms. The lowest BCUT2D eigenvalue weighted by atomic mass is 9.84. The van der Waals surface area contributed by atoms with Crippen molar-refractivity contribution in [1.82, 2.24) is 15.0 Å². The van der Waals surface area contributed by atoms with E-state index in [-0.39, 0.29) is 30.2 Å². The summed E-state index contributed by atoms with van der Waals surface area (Å²) in [6.45, 7) is 10.3. The Bertz CT molecular complexity index is 1180. The van der Waals surface area contributed by atoms with Crippen LogP contribution in [-0.4, -0.2) is 50.5 Å². The van der Waals surface area contributed by atoms with Crippen LogP contribution in [0.3, 0.4) is 0 Å². The number of benzene rings is 1. The summed E-state index contributed by atoms with van der Waals surface area (Å²) in [5.74, 6) is -0.161. The van der Waals surface area contributed by atoms with Gasteiger partial charge in [0, 0.05) is 29.3 Å². The van der Waals surface area contributed by atoms with Crippen molar-refractivity contribution in [3.63, 3.8) is 0 Å². The first-order chi connectivity index (χ1) is 15.6. The SMILES string of the molecule is Cc1c(-c2nc(N[C@@H]3CCOC[C@H]3O)ncc2F)ccc2ncc(C(C)(C)O)c(C(C)C)c12. The summed E-state index contributed by atoms with van der Waals surface area (Å²) in [6, 6.07) is 3.41. The number of hydrogen-bond acceptors (Lipinski definition) is 7. The van der Waals surface area contributed by atoms with Gasteiger partial charge in [0.2, 0.25) is 5.95 Å². The summed E-state index contributed by atoms with van der Waals surface area (Å²) < 4.78 is 20.2. The molecule has 7 nitrogen and oxygen atoms in total. The fourth-order valence-electron chi connectivity index (χ4n) is 4.51. The molecule has 1 fully saturated rings. The number of nitrogens with one attached hydrogen (secondary N) is 1. The van der Waals surface area contributed by atoms with Gasteiger partial charge in [0.15, 0.2) is 5.82 Å². The van der Waals surface area contributed by atoms with Crippen LogP contribution >= 0.6 is 0 Å². The lowest BCUT2D eigenvalue weighted by Gasteiger charge is -2.28. The highest BCUT2D eigenvalue weighted by Gasteiger charge is 2.27. The van der Waals surface area contributed by atoms with E-state index >= 15 is 0 Å². The van der Waals surface area contributed by atoms with E-state index in [0.29, 0.717) is 18.6 Å². The van der Waals surface area contributed by atoms with Gasteiger partial charge in [0.25, 0.3) is 0 Å². The molecule has 3 heterocycles. The van der Waals surface area contributed by atoms with Gasteiger partial charge in [-0.3, -0.25) is 4.98 Å². The lowest BCUT2D eigenvalue weighted by molar-refractivity contribution is -0.0136. The molecule has 8 heteroatoms. The minimum Gasteiger partial charge on any atom is -0.389 e. The summed E-state index contributed by atoms with van der Waals surface area (Å²) in [7, 11) is 0. The third-order valence-corrected chi connectivity index (χ3v) is 6.21. The van der Waals surface area contributed by atoms with E-state index < -0.39 is 17.5 Å². The summed E-state index contributed by atoms with van der Waals surface area (Å²) in [5.41, 5.74) is 3.11. The number of aryl methyl sites for hydroxylation is 1. The average molecular weight is 455 g/mol. The molecule has 1 aromatic carbocycles. The zero-order valence-corrected chi connectivity index (χ0v) is 19.7. The number of ether oxygens (including phenoxy) is 1. The number of aromatic nitrogens is 3. The largest absolute Gasteiger partial charge is 0.389 e. The Hall–Kier alpha value is -2.68. The fourth-order valence-corrected chi connectivity index (χ4v) is 4.51. The highest BCUT2D eigenvalue weighted by atomic mass is 19.1. The van der Waals surface area contributed by atoms with Crippen LogP contribution in [0.15, 0.2) is 24.5 Å². The Kier molecular flexibility index (Phi) is 6.35. The van der Waals surface area contributed by atoms with Crippen LogP contribution in [0, 0.1) is 12.7 Å².